The highest BCUT2D eigenvalue weighted by Gasteiger charge is 2.07. The van der Waals surface area contributed by atoms with Crippen molar-refractivity contribution in [1.82, 2.24) is 0 Å². The Morgan fingerprint density at radius 1 is 0.700 bits per heavy atom. The molecule has 0 bridgehead atoms. The average molecular weight is 415 g/mol. The molecule has 0 aromatic carbocycles. The second-order valence-corrected chi connectivity index (χ2v) is 8.42. The minimum Gasteiger partial charge on any atom is -0.457 e. The van der Waals surface area contributed by atoms with Crippen LogP contribution in [0.4, 0.5) is 0 Å². The van der Waals surface area contributed by atoms with Crippen molar-refractivity contribution >= 4 is 5.97 Å². The van der Waals surface area contributed by atoms with Crippen molar-refractivity contribution in [3.05, 3.63) is 72.9 Å². The van der Waals surface area contributed by atoms with E-state index in [1.807, 2.05) is 42.5 Å². The van der Waals surface area contributed by atoms with Crippen LogP contribution >= 0.6 is 0 Å². The number of likely N-dealkylation sites (N-methyl/N-ethyl adjacent to an activating group) is 1. The van der Waals surface area contributed by atoms with Crippen molar-refractivity contribution in [2.75, 3.05) is 34.3 Å². The molecule has 0 saturated carbocycles. The smallest absolute Gasteiger partial charge is 0.330 e. The number of unbranched alkanes of at least 4 members (excludes halogenated alkanes) is 7. The largest absolute Gasteiger partial charge is 0.457 e. The van der Waals surface area contributed by atoms with Gasteiger partial charge < -0.3 is 9.22 Å². The summed E-state index contributed by atoms with van der Waals surface area (Å²) in [5.74, 6) is -0.304. The van der Waals surface area contributed by atoms with Gasteiger partial charge in [0.25, 0.3) is 0 Å². The van der Waals surface area contributed by atoms with E-state index in [0.717, 1.165) is 11.0 Å². The Kier molecular flexibility index (Phi) is 18.7. The van der Waals surface area contributed by atoms with Gasteiger partial charge in [0.1, 0.15) is 13.2 Å². The Morgan fingerprint density at radius 2 is 1.20 bits per heavy atom. The maximum atomic E-state index is 11.5. The van der Waals surface area contributed by atoms with Crippen LogP contribution in [-0.4, -0.2) is 44.7 Å². The molecular formula is C27H44NO2+. The van der Waals surface area contributed by atoms with Crippen molar-refractivity contribution in [2.45, 2.75) is 58.3 Å². The Balaban J connectivity index is 3.73. The number of allylic oxidation sites excluding steroid dienone is 11. The summed E-state index contributed by atoms with van der Waals surface area (Å²) in [6.45, 7) is 3.49. The first kappa shape index (κ1) is 27.9. The van der Waals surface area contributed by atoms with Crippen LogP contribution in [0.1, 0.15) is 58.3 Å². The van der Waals surface area contributed by atoms with Crippen LogP contribution in [0.3, 0.4) is 0 Å². The highest BCUT2D eigenvalue weighted by Crippen LogP contribution is 2.08. The number of esters is 1. The van der Waals surface area contributed by atoms with Gasteiger partial charge in [-0.15, -0.1) is 0 Å². The molecule has 0 unspecified atom stereocenters. The van der Waals surface area contributed by atoms with E-state index in [-0.39, 0.29) is 5.97 Å². The van der Waals surface area contributed by atoms with Crippen LogP contribution in [0.5, 0.6) is 0 Å². The topological polar surface area (TPSA) is 26.3 Å². The van der Waals surface area contributed by atoms with Gasteiger partial charge in [-0.25, -0.2) is 4.79 Å². The summed E-state index contributed by atoms with van der Waals surface area (Å²) in [6.07, 6.45) is 33.8. The number of carbonyl (C=O) groups excluding carboxylic acids is 1. The van der Waals surface area contributed by atoms with Crippen LogP contribution in [0, 0.1) is 0 Å². The fraction of sp³-hybridized carbons (Fsp3) is 0.519. The molecule has 0 atom stereocenters. The summed E-state index contributed by atoms with van der Waals surface area (Å²) >= 11 is 0. The first-order valence-corrected chi connectivity index (χ1v) is 11.4. The van der Waals surface area contributed by atoms with Crippen LogP contribution in [0.2, 0.25) is 0 Å². The lowest BCUT2D eigenvalue weighted by Crippen LogP contribution is -2.37. The van der Waals surface area contributed by atoms with E-state index in [2.05, 4.69) is 46.3 Å². The summed E-state index contributed by atoms with van der Waals surface area (Å²) in [6, 6.07) is 0. The van der Waals surface area contributed by atoms with Crippen molar-refractivity contribution in [1.29, 1.82) is 0 Å². The highest BCUT2D eigenvalue weighted by atomic mass is 16.5. The molecule has 0 rings (SSSR count). The summed E-state index contributed by atoms with van der Waals surface area (Å²) < 4.78 is 5.92. The van der Waals surface area contributed by atoms with E-state index < -0.39 is 0 Å². The molecule has 168 valence electrons. The molecule has 0 heterocycles. The zero-order valence-corrected chi connectivity index (χ0v) is 19.8. The van der Waals surface area contributed by atoms with Crippen molar-refractivity contribution in [3.8, 4) is 0 Å². The second-order valence-electron chi connectivity index (χ2n) is 8.42. The molecule has 0 aliphatic carbocycles. The number of ether oxygens (including phenoxy) is 1. The van der Waals surface area contributed by atoms with Crippen molar-refractivity contribution < 1.29 is 14.0 Å². The van der Waals surface area contributed by atoms with Gasteiger partial charge in [-0.2, -0.15) is 0 Å². The zero-order chi connectivity index (χ0) is 22.3. The number of rotatable bonds is 17. The Morgan fingerprint density at radius 3 is 1.77 bits per heavy atom. The molecule has 0 N–H and O–H groups in total. The maximum Gasteiger partial charge on any atom is 0.330 e. The molecule has 0 spiro atoms. The number of carbonyl (C=O) groups is 1. The SMILES string of the molecule is CCCCCCCCCC=CC=CC=CC=CC=CC=CC(=O)OCC[N+](C)(C)C. The number of hydrogen-bond donors (Lipinski definition) is 0. The van der Waals surface area contributed by atoms with Gasteiger partial charge in [0, 0.05) is 6.08 Å². The van der Waals surface area contributed by atoms with E-state index in [1.54, 1.807) is 6.08 Å². The first-order valence-electron chi connectivity index (χ1n) is 11.4. The molecule has 3 nitrogen and oxygen atoms in total. The molecule has 0 aromatic rings. The lowest BCUT2D eigenvalue weighted by atomic mass is 10.1. The van der Waals surface area contributed by atoms with Crippen LogP contribution in [0.15, 0.2) is 72.9 Å². The van der Waals surface area contributed by atoms with E-state index in [4.69, 9.17) is 4.74 Å². The third kappa shape index (κ3) is 23.9. The van der Waals surface area contributed by atoms with Gasteiger partial charge in [-0.05, 0) is 12.8 Å². The molecular weight excluding hydrogens is 370 g/mol. The van der Waals surface area contributed by atoms with Crippen molar-refractivity contribution in [3.63, 3.8) is 0 Å². The van der Waals surface area contributed by atoms with Gasteiger partial charge in [-0.1, -0.05) is 112 Å². The van der Waals surface area contributed by atoms with Crippen LogP contribution < -0.4 is 0 Å². The molecule has 0 aliphatic heterocycles. The minimum absolute atomic E-state index is 0.304. The van der Waals surface area contributed by atoms with Gasteiger partial charge in [0.2, 0.25) is 0 Å². The van der Waals surface area contributed by atoms with E-state index in [9.17, 15) is 4.79 Å². The van der Waals surface area contributed by atoms with Gasteiger partial charge >= 0.3 is 5.97 Å². The van der Waals surface area contributed by atoms with Crippen molar-refractivity contribution in [2.24, 2.45) is 0 Å². The molecule has 0 fully saturated rings. The van der Waals surface area contributed by atoms with Gasteiger partial charge in [-0.3, -0.25) is 0 Å². The third-order valence-electron chi connectivity index (χ3n) is 4.35. The molecule has 0 radical (unpaired) electrons. The minimum atomic E-state index is -0.304. The fourth-order valence-electron chi connectivity index (χ4n) is 2.51. The lowest BCUT2D eigenvalue weighted by molar-refractivity contribution is -0.870. The maximum absolute atomic E-state index is 11.5. The van der Waals surface area contributed by atoms with E-state index in [1.165, 1.54) is 57.4 Å². The first-order chi connectivity index (χ1) is 14.5. The van der Waals surface area contributed by atoms with E-state index >= 15 is 0 Å². The molecule has 0 aliphatic rings. The Labute approximate surface area is 185 Å². The van der Waals surface area contributed by atoms with Gasteiger partial charge in [0.15, 0.2) is 0 Å². The van der Waals surface area contributed by atoms with Crippen LogP contribution in [-0.2, 0) is 9.53 Å². The molecule has 0 amide bonds. The summed E-state index contributed by atoms with van der Waals surface area (Å²) in [5, 5.41) is 0. The Bertz CT molecular complexity index is 586. The number of hydrogen-bond acceptors (Lipinski definition) is 2. The fourth-order valence-corrected chi connectivity index (χ4v) is 2.51. The predicted molar refractivity (Wildman–Crippen MR) is 131 cm³/mol. The molecule has 0 saturated heterocycles. The second kappa shape index (κ2) is 20.2. The molecule has 0 aromatic heterocycles. The standard InChI is InChI=1S/C27H44NO2/c1-5-6-7-8-9-10-11-12-13-14-15-16-17-18-19-20-21-22-23-24-27(29)30-26-25-28(2,3)4/h13-24H,5-12,25-26H2,1-4H3/q+1. The quantitative estimate of drug-likeness (QED) is 0.0868. The molecule has 3 heteroatoms. The van der Waals surface area contributed by atoms with Gasteiger partial charge in [0.05, 0.1) is 21.1 Å². The van der Waals surface area contributed by atoms with Crippen LogP contribution in [0.25, 0.3) is 0 Å². The normalized spacial score (nSPS) is 13.3. The summed E-state index contributed by atoms with van der Waals surface area (Å²) in [7, 11) is 6.20. The third-order valence-corrected chi connectivity index (χ3v) is 4.35. The average Bonchev–Trinajstić information content (AvgIpc) is 2.68. The monoisotopic (exact) mass is 414 g/mol. The predicted octanol–water partition coefficient (Wildman–Crippen LogP) is 6.71. The zero-order valence-electron chi connectivity index (χ0n) is 19.8. The lowest BCUT2D eigenvalue weighted by Gasteiger charge is -2.23. The Hall–Kier alpha value is -2.13. The van der Waals surface area contributed by atoms with E-state index in [0.29, 0.717) is 6.61 Å². The number of quaternary nitrogens is 1. The highest BCUT2D eigenvalue weighted by molar-refractivity contribution is 5.82. The summed E-state index contributed by atoms with van der Waals surface area (Å²) in [5.41, 5.74) is 0. The summed E-state index contributed by atoms with van der Waals surface area (Å²) in [4.78, 5) is 11.5. The molecule has 30 heavy (non-hydrogen) atoms. The number of nitrogens with zero attached hydrogens (tertiary/aromatic N) is 1.